The molecule has 0 radical (unpaired) electrons. The highest BCUT2D eigenvalue weighted by molar-refractivity contribution is 7.89. The Morgan fingerprint density at radius 2 is 2.05 bits per heavy atom. The van der Waals surface area contributed by atoms with Crippen molar-refractivity contribution < 1.29 is 13.2 Å². The molecule has 0 fully saturated rings. The zero-order valence-corrected chi connectivity index (χ0v) is 13.5. The van der Waals surface area contributed by atoms with Crippen LogP contribution in [-0.4, -0.2) is 28.7 Å². The van der Waals surface area contributed by atoms with Crippen molar-refractivity contribution in [3.05, 3.63) is 23.2 Å². The molecule has 20 heavy (non-hydrogen) atoms. The van der Waals surface area contributed by atoms with Crippen molar-refractivity contribution in [1.29, 1.82) is 0 Å². The van der Waals surface area contributed by atoms with Crippen LogP contribution in [0.5, 0.6) is 0 Å². The minimum Gasteiger partial charge on any atom is -0.398 e. The third-order valence-electron chi connectivity index (χ3n) is 2.99. The summed E-state index contributed by atoms with van der Waals surface area (Å²) in [6, 6.07) is 4.38. The second kappa shape index (κ2) is 6.76. The molecule has 0 unspecified atom stereocenters. The van der Waals surface area contributed by atoms with E-state index in [2.05, 4.69) is 4.72 Å². The maximum absolute atomic E-state index is 12.2. The molecule has 0 aliphatic rings. The summed E-state index contributed by atoms with van der Waals surface area (Å²) < 4.78 is 32.1. The zero-order valence-electron chi connectivity index (χ0n) is 11.9. The zero-order chi connectivity index (χ0) is 15.4. The molecule has 0 aliphatic heterocycles. The van der Waals surface area contributed by atoms with Crippen LogP contribution in [-0.2, 0) is 14.8 Å². The number of hydrogen-bond donors (Lipinski definition) is 2. The summed E-state index contributed by atoms with van der Waals surface area (Å²) in [6.45, 7) is 4.81. The topological polar surface area (TPSA) is 81.4 Å². The van der Waals surface area contributed by atoms with Crippen molar-refractivity contribution in [2.75, 3.05) is 26.0 Å². The predicted octanol–water partition coefficient (Wildman–Crippen LogP) is 2.26. The number of nitrogen functional groups attached to an aromatic ring is 1. The van der Waals surface area contributed by atoms with Gasteiger partial charge in [-0.1, -0.05) is 25.4 Å². The lowest BCUT2D eigenvalue weighted by molar-refractivity contribution is 0.153. The van der Waals surface area contributed by atoms with Crippen molar-refractivity contribution in [1.82, 2.24) is 4.72 Å². The molecule has 0 spiro atoms. The molecule has 0 saturated carbocycles. The third kappa shape index (κ3) is 4.94. The summed E-state index contributed by atoms with van der Waals surface area (Å²) in [7, 11) is -2.05. The number of benzene rings is 1. The van der Waals surface area contributed by atoms with E-state index in [1.54, 1.807) is 13.2 Å². The summed E-state index contributed by atoms with van der Waals surface area (Å²) in [5.74, 6) is 0. The highest BCUT2D eigenvalue weighted by Gasteiger charge is 2.23. The van der Waals surface area contributed by atoms with Crippen LogP contribution in [0.4, 0.5) is 5.69 Å². The van der Waals surface area contributed by atoms with Crippen LogP contribution in [0.25, 0.3) is 0 Å². The number of hydrogen-bond acceptors (Lipinski definition) is 4. The molecule has 0 saturated heterocycles. The van der Waals surface area contributed by atoms with E-state index in [4.69, 9.17) is 22.1 Å². The van der Waals surface area contributed by atoms with Gasteiger partial charge in [-0.3, -0.25) is 0 Å². The number of sulfonamides is 1. The molecular weight excluding hydrogens is 300 g/mol. The average molecular weight is 321 g/mol. The minimum atomic E-state index is -3.67. The summed E-state index contributed by atoms with van der Waals surface area (Å²) >= 11 is 5.82. The maximum atomic E-state index is 12.2. The van der Waals surface area contributed by atoms with Gasteiger partial charge in [0.15, 0.2) is 0 Å². The molecule has 114 valence electrons. The van der Waals surface area contributed by atoms with E-state index >= 15 is 0 Å². The Morgan fingerprint density at radius 1 is 1.40 bits per heavy atom. The summed E-state index contributed by atoms with van der Waals surface area (Å²) in [6.07, 6.45) is 0.747. The third-order valence-corrected chi connectivity index (χ3v) is 4.68. The van der Waals surface area contributed by atoms with Crippen LogP contribution >= 0.6 is 11.6 Å². The van der Waals surface area contributed by atoms with Crippen molar-refractivity contribution in [2.45, 2.75) is 25.2 Å². The molecule has 5 nitrogen and oxygen atoms in total. The van der Waals surface area contributed by atoms with Gasteiger partial charge in [-0.15, -0.1) is 0 Å². The number of ether oxygens (including phenoxy) is 1. The normalized spacial score (nSPS) is 12.6. The van der Waals surface area contributed by atoms with Crippen LogP contribution in [0.3, 0.4) is 0 Å². The van der Waals surface area contributed by atoms with E-state index in [1.807, 2.05) is 13.8 Å². The Hall–Kier alpha value is -0.820. The molecule has 0 aromatic heterocycles. The Labute approximate surface area is 125 Å². The summed E-state index contributed by atoms with van der Waals surface area (Å²) in [5, 5.41) is 0.332. The Balaban J connectivity index is 2.83. The number of nitrogens with one attached hydrogen (secondary N) is 1. The van der Waals surface area contributed by atoms with Gasteiger partial charge in [-0.25, -0.2) is 13.1 Å². The van der Waals surface area contributed by atoms with Gasteiger partial charge >= 0.3 is 0 Å². The van der Waals surface area contributed by atoms with Gasteiger partial charge in [0.05, 0.1) is 5.69 Å². The van der Waals surface area contributed by atoms with Gasteiger partial charge in [0.2, 0.25) is 10.0 Å². The van der Waals surface area contributed by atoms with Crippen LogP contribution in [0.1, 0.15) is 20.3 Å². The number of halogens is 1. The molecular formula is C13H21ClN2O3S. The monoisotopic (exact) mass is 320 g/mol. The first-order valence-corrected chi connectivity index (χ1v) is 8.08. The van der Waals surface area contributed by atoms with Crippen molar-refractivity contribution in [3.63, 3.8) is 0 Å². The van der Waals surface area contributed by atoms with Crippen LogP contribution in [0.2, 0.25) is 5.02 Å². The average Bonchev–Trinajstić information content (AvgIpc) is 2.37. The maximum Gasteiger partial charge on any atom is 0.242 e. The molecule has 0 heterocycles. The first-order chi connectivity index (χ1) is 9.18. The lowest BCUT2D eigenvalue weighted by Crippen LogP contribution is -2.35. The molecule has 0 bridgehead atoms. The number of rotatable bonds is 7. The summed E-state index contributed by atoms with van der Waals surface area (Å²) in [4.78, 5) is 0.00698. The first-order valence-electron chi connectivity index (χ1n) is 6.21. The highest BCUT2D eigenvalue weighted by Crippen LogP contribution is 2.24. The lowest BCUT2D eigenvalue weighted by Gasteiger charge is -2.24. The van der Waals surface area contributed by atoms with Gasteiger partial charge in [0.1, 0.15) is 4.90 Å². The van der Waals surface area contributed by atoms with E-state index in [1.165, 1.54) is 12.1 Å². The van der Waals surface area contributed by atoms with Crippen LogP contribution in [0.15, 0.2) is 23.1 Å². The largest absolute Gasteiger partial charge is 0.398 e. The highest BCUT2D eigenvalue weighted by atomic mass is 35.5. The van der Waals surface area contributed by atoms with Crippen molar-refractivity contribution in [2.24, 2.45) is 5.41 Å². The van der Waals surface area contributed by atoms with E-state index in [0.29, 0.717) is 18.2 Å². The van der Waals surface area contributed by atoms with Gasteiger partial charge in [0, 0.05) is 25.3 Å². The Kier molecular flexibility index (Phi) is 5.82. The van der Waals surface area contributed by atoms with Gasteiger partial charge < -0.3 is 10.5 Å². The predicted molar refractivity (Wildman–Crippen MR) is 81.3 cm³/mol. The van der Waals surface area contributed by atoms with Gasteiger partial charge in [-0.05, 0) is 30.0 Å². The Bertz CT molecular complexity index is 559. The van der Waals surface area contributed by atoms with E-state index in [-0.39, 0.29) is 16.0 Å². The second-order valence-electron chi connectivity index (χ2n) is 5.41. The quantitative estimate of drug-likeness (QED) is 0.755. The number of anilines is 1. The molecule has 1 rings (SSSR count). The molecule has 7 heteroatoms. The van der Waals surface area contributed by atoms with E-state index < -0.39 is 10.0 Å². The number of methoxy groups -OCH3 is 1. The van der Waals surface area contributed by atoms with Gasteiger partial charge in [0.25, 0.3) is 0 Å². The fraction of sp³-hybridized carbons (Fsp3) is 0.538. The SMILES string of the molecule is COCCC(C)(C)CNS(=O)(=O)c1cc(Cl)ccc1N. The molecule has 1 aromatic rings. The lowest BCUT2D eigenvalue weighted by atomic mass is 9.90. The fourth-order valence-corrected chi connectivity index (χ4v) is 3.21. The smallest absolute Gasteiger partial charge is 0.242 e. The molecule has 0 amide bonds. The second-order valence-corrected chi connectivity index (χ2v) is 7.59. The first kappa shape index (κ1) is 17.2. The Morgan fingerprint density at radius 3 is 2.65 bits per heavy atom. The molecule has 3 N–H and O–H groups in total. The number of nitrogens with two attached hydrogens (primary N) is 1. The standard InChI is InChI=1S/C13H21ClN2O3S/c1-13(2,6-7-19-3)9-16-20(17,18)12-8-10(14)4-5-11(12)15/h4-5,8,16H,6-7,9,15H2,1-3H3. The van der Waals surface area contributed by atoms with Crippen molar-refractivity contribution in [3.8, 4) is 0 Å². The summed E-state index contributed by atoms with van der Waals surface area (Å²) in [5.41, 5.74) is 5.66. The van der Waals surface area contributed by atoms with Crippen LogP contribution < -0.4 is 10.5 Å². The minimum absolute atomic E-state index is 0.00698. The van der Waals surface area contributed by atoms with Gasteiger partial charge in [-0.2, -0.15) is 0 Å². The van der Waals surface area contributed by atoms with E-state index in [9.17, 15) is 8.42 Å². The van der Waals surface area contributed by atoms with Crippen molar-refractivity contribution >= 4 is 27.3 Å². The fourth-order valence-electron chi connectivity index (χ4n) is 1.58. The molecule has 0 aliphatic carbocycles. The molecule has 1 aromatic carbocycles. The van der Waals surface area contributed by atoms with E-state index in [0.717, 1.165) is 6.42 Å². The van der Waals surface area contributed by atoms with Crippen LogP contribution in [0, 0.1) is 5.41 Å². The molecule has 0 atom stereocenters.